The first-order valence-electron chi connectivity index (χ1n) is 11.2. The van der Waals surface area contributed by atoms with E-state index >= 15 is 0 Å². The van der Waals surface area contributed by atoms with Crippen molar-refractivity contribution in [3.05, 3.63) is 66.6 Å². The third-order valence-corrected chi connectivity index (χ3v) is 6.97. The summed E-state index contributed by atoms with van der Waals surface area (Å²) in [6.07, 6.45) is 4.11. The molecule has 0 aliphatic rings. The summed E-state index contributed by atoms with van der Waals surface area (Å²) in [5.41, 5.74) is 3.65. The van der Waals surface area contributed by atoms with Gasteiger partial charge in [0.1, 0.15) is 12.5 Å². The van der Waals surface area contributed by atoms with Gasteiger partial charge in [-0.2, -0.15) is 5.10 Å². The lowest BCUT2D eigenvalue weighted by molar-refractivity contribution is 0.0798. The normalized spacial score (nSPS) is 11.8. The standard InChI is InChI=1S/C25H30N4O3Si/c1-33(2,3)15-14-31-18-29-24(10-12-27-29)20-5-9-25(26-17-20)32-22-7-8-23-19(16-22)4-6-21(28-23)11-13-30/h4-10,12,16-17,30H,11,13-15,18H2,1-3H3. The van der Waals surface area contributed by atoms with Crippen LogP contribution in [0.1, 0.15) is 5.69 Å². The van der Waals surface area contributed by atoms with Crippen molar-refractivity contribution in [2.75, 3.05) is 13.2 Å². The van der Waals surface area contributed by atoms with E-state index in [4.69, 9.17) is 14.6 Å². The molecule has 0 spiro atoms. The highest BCUT2D eigenvalue weighted by Gasteiger charge is 2.13. The molecule has 0 radical (unpaired) electrons. The monoisotopic (exact) mass is 462 g/mol. The van der Waals surface area contributed by atoms with Gasteiger partial charge in [0.2, 0.25) is 5.88 Å². The number of nitrogens with zero attached hydrogens (tertiary/aromatic N) is 4. The van der Waals surface area contributed by atoms with E-state index in [-0.39, 0.29) is 6.61 Å². The number of aliphatic hydroxyl groups excluding tert-OH is 1. The van der Waals surface area contributed by atoms with Crippen LogP contribution < -0.4 is 4.74 Å². The lowest BCUT2D eigenvalue weighted by Crippen LogP contribution is -2.22. The molecule has 3 aromatic heterocycles. The van der Waals surface area contributed by atoms with Crippen molar-refractivity contribution in [3.8, 4) is 22.9 Å². The van der Waals surface area contributed by atoms with E-state index in [2.05, 4.69) is 34.7 Å². The van der Waals surface area contributed by atoms with Crippen LogP contribution in [0.2, 0.25) is 25.7 Å². The number of fused-ring (bicyclic) bond motifs is 1. The summed E-state index contributed by atoms with van der Waals surface area (Å²) in [5, 5.41) is 14.5. The largest absolute Gasteiger partial charge is 0.439 e. The fourth-order valence-electron chi connectivity index (χ4n) is 3.39. The van der Waals surface area contributed by atoms with Gasteiger partial charge in [-0.3, -0.25) is 4.98 Å². The molecule has 0 saturated carbocycles. The quantitative estimate of drug-likeness (QED) is 0.260. The second kappa shape index (κ2) is 10.2. The lowest BCUT2D eigenvalue weighted by atomic mass is 10.1. The summed E-state index contributed by atoms with van der Waals surface area (Å²) >= 11 is 0. The predicted molar refractivity (Wildman–Crippen MR) is 132 cm³/mol. The Bertz CT molecular complexity index is 1200. The molecule has 4 rings (SSSR count). The van der Waals surface area contributed by atoms with Gasteiger partial charge in [-0.15, -0.1) is 0 Å². The Morgan fingerprint density at radius 3 is 2.67 bits per heavy atom. The molecule has 0 bridgehead atoms. The van der Waals surface area contributed by atoms with Gasteiger partial charge in [-0.1, -0.05) is 25.7 Å². The van der Waals surface area contributed by atoms with E-state index in [1.807, 2.05) is 53.2 Å². The number of aliphatic hydroxyl groups is 1. The third kappa shape index (κ3) is 6.25. The molecule has 33 heavy (non-hydrogen) atoms. The summed E-state index contributed by atoms with van der Waals surface area (Å²) in [7, 11) is -1.11. The average molecular weight is 463 g/mol. The Morgan fingerprint density at radius 1 is 1.03 bits per heavy atom. The first-order valence-corrected chi connectivity index (χ1v) is 14.9. The van der Waals surface area contributed by atoms with Crippen molar-refractivity contribution in [2.24, 2.45) is 0 Å². The molecule has 1 aromatic carbocycles. The first kappa shape index (κ1) is 23.1. The SMILES string of the molecule is C[Si](C)(C)CCOCn1nccc1-c1ccc(Oc2ccc3nc(CCO)ccc3c2)nc1. The van der Waals surface area contributed by atoms with E-state index in [0.717, 1.165) is 40.5 Å². The van der Waals surface area contributed by atoms with Gasteiger partial charge in [-0.25, -0.2) is 9.67 Å². The molecular formula is C25H30N4O3Si. The maximum absolute atomic E-state index is 9.09. The Balaban J connectivity index is 1.41. The topological polar surface area (TPSA) is 82.3 Å². The van der Waals surface area contributed by atoms with Gasteiger partial charge in [0.15, 0.2) is 0 Å². The van der Waals surface area contributed by atoms with Crippen molar-refractivity contribution in [2.45, 2.75) is 38.8 Å². The summed E-state index contributed by atoms with van der Waals surface area (Å²) in [6.45, 7) is 8.30. The molecule has 0 amide bonds. The number of pyridine rings is 2. The van der Waals surface area contributed by atoms with Crippen LogP contribution >= 0.6 is 0 Å². The van der Waals surface area contributed by atoms with Crippen molar-refractivity contribution in [3.63, 3.8) is 0 Å². The summed E-state index contributed by atoms with van der Waals surface area (Å²) in [4.78, 5) is 9.03. The number of aromatic nitrogens is 4. The van der Waals surface area contributed by atoms with Gasteiger partial charge >= 0.3 is 0 Å². The Hall–Kier alpha value is -3.07. The number of ether oxygens (including phenoxy) is 2. The van der Waals surface area contributed by atoms with Gasteiger partial charge in [0.25, 0.3) is 0 Å². The Labute approximate surface area is 195 Å². The van der Waals surface area contributed by atoms with Crippen LogP contribution in [-0.2, 0) is 17.9 Å². The Morgan fingerprint density at radius 2 is 1.91 bits per heavy atom. The molecular weight excluding hydrogens is 432 g/mol. The summed E-state index contributed by atoms with van der Waals surface area (Å²) in [5.74, 6) is 1.21. The van der Waals surface area contributed by atoms with Crippen LogP contribution in [0, 0.1) is 0 Å². The molecule has 4 aromatic rings. The molecule has 0 saturated heterocycles. The zero-order valence-electron chi connectivity index (χ0n) is 19.4. The second-order valence-electron chi connectivity index (χ2n) is 9.18. The average Bonchev–Trinajstić information content (AvgIpc) is 3.25. The zero-order chi connectivity index (χ0) is 23.3. The molecule has 7 nitrogen and oxygen atoms in total. The highest BCUT2D eigenvalue weighted by Crippen LogP contribution is 2.26. The fraction of sp³-hybridized carbons (Fsp3) is 0.320. The van der Waals surface area contributed by atoms with Gasteiger partial charge in [0, 0.05) is 62.8 Å². The van der Waals surface area contributed by atoms with Gasteiger partial charge in [-0.05, 0) is 42.4 Å². The summed E-state index contributed by atoms with van der Waals surface area (Å²) < 4.78 is 13.7. The van der Waals surface area contributed by atoms with Crippen LogP contribution in [-0.4, -0.2) is 46.1 Å². The zero-order valence-corrected chi connectivity index (χ0v) is 20.4. The number of rotatable bonds is 10. The van der Waals surface area contributed by atoms with Crippen LogP contribution in [0.5, 0.6) is 11.6 Å². The molecule has 0 atom stereocenters. The van der Waals surface area contributed by atoms with E-state index < -0.39 is 8.07 Å². The number of benzene rings is 1. The van der Waals surface area contributed by atoms with Crippen molar-refractivity contribution in [1.29, 1.82) is 0 Å². The highest BCUT2D eigenvalue weighted by atomic mass is 28.3. The van der Waals surface area contributed by atoms with Crippen LogP contribution in [0.25, 0.3) is 22.2 Å². The molecule has 0 unspecified atom stereocenters. The minimum Gasteiger partial charge on any atom is -0.439 e. The maximum Gasteiger partial charge on any atom is 0.219 e. The van der Waals surface area contributed by atoms with Crippen molar-refractivity contribution < 1.29 is 14.6 Å². The smallest absolute Gasteiger partial charge is 0.219 e. The van der Waals surface area contributed by atoms with Crippen LogP contribution in [0.3, 0.4) is 0 Å². The maximum atomic E-state index is 9.09. The molecule has 0 fully saturated rings. The van der Waals surface area contributed by atoms with Crippen molar-refractivity contribution >= 4 is 19.0 Å². The van der Waals surface area contributed by atoms with E-state index in [1.165, 1.54) is 0 Å². The van der Waals surface area contributed by atoms with Crippen LogP contribution in [0.15, 0.2) is 60.9 Å². The molecule has 8 heteroatoms. The van der Waals surface area contributed by atoms with E-state index in [9.17, 15) is 0 Å². The lowest BCUT2D eigenvalue weighted by Gasteiger charge is -2.16. The molecule has 0 aliphatic carbocycles. The molecule has 3 heterocycles. The number of hydrogen-bond donors (Lipinski definition) is 1. The fourth-order valence-corrected chi connectivity index (χ4v) is 4.14. The third-order valence-electron chi connectivity index (χ3n) is 5.27. The van der Waals surface area contributed by atoms with Crippen LogP contribution in [0.4, 0.5) is 0 Å². The minimum absolute atomic E-state index is 0.0911. The first-order chi connectivity index (χ1) is 15.9. The molecule has 0 aliphatic heterocycles. The number of hydrogen-bond acceptors (Lipinski definition) is 6. The van der Waals surface area contributed by atoms with Crippen molar-refractivity contribution in [1.82, 2.24) is 19.7 Å². The minimum atomic E-state index is -1.11. The predicted octanol–water partition coefficient (Wildman–Crippen LogP) is 5.13. The highest BCUT2D eigenvalue weighted by molar-refractivity contribution is 6.76. The van der Waals surface area contributed by atoms with Gasteiger partial charge in [0.05, 0.1) is 11.2 Å². The molecule has 172 valence electrons. The summed E-state index contributed by atoms with van der Waals surface area (Å²) in [6, 6.07) is 16.6. The second-order valence-corrected chi connectivity index (χ2v) is 14.8. The van der Waals surface area contributed by atoms with E-state index in [0.29, 0.717) is 24.8 Å². The van der Waals surface area contributed by atoms with Gasteiger partial charge < -0.3 is 14.6 Å². The Kier molecular flexibility index (Phi) is 7.17. The molecule has 1 N–H and O–H groups in total. The van der Waals surface area contributed by atoms with E-state index in [1.54, 1.807) is 12.4 Å².